The lowest BCUT2D eigenvalue weighted by atomic mass is 9.93. The van der Waals surface area contributed by atoms with E-state index in [1.807, 2.05) is 12.3 Å². The molecule has 3 heterocycles. The summed E-state index contributed by atoms with van der Waals surface area (Å²) < 4.78 is 6.57. The number of benzene rings is 8. The zero-order valence-electron chi connectivity index (χ0n) is 26.3. The van der Waals surface area contributed by atoms with E-state index in [0.717, 1.165) is 66.1 Å². The van der Waals surface area contributed by atoms with Crippen molar-refractivity contribution in [3.8, 4) is 22.4 Å². The average Bonchev–Trinajstić information content (AvgIpc) is 3.54. The van der Waals surface area contributed by atoms with Gasteiger partial charge < -0.3 is 4.42 Å². The van der Waals surface area contributed by atoms with Gasteiger partial charge in [0, 0.05) is 33.3 Å². The Bertz CT molecular complexity index is 3120. The smallest absolute Gasteiger partial charge is 0.136 e. The van der Waals surface area contributed by atoms with Crippen LogP contribution in [0.5, 0.6) is 0 Å². The van der Waals surface area contributed by atoms with Gasteiger partial charge in [0.15, 0.2) is 0 Å². The van der Waals surface area contributed by atoms with E-state index in [4.69, 9.17) is 14.4 Å². The van der Waals surface area contributed by atoms with Crippen molar-refractivity contribution in [3.05, 3.63) is 158 Å². The Kier molecular flexibility index (Phi) is 5.38. The summed E-state index contributed by atoms with van der Waals surface area (Å²) in [7, 11) is 0. The maximum absolute atomic E-state index is 6.57. The standard InChI is InChI=1S/C46H26N2O/c1-5-12-34-30(8-1)31-9-2-6-13-35(31)40-26-44-41(25-39(34)40)36-20-19-29(24-43(36)49-44)27-15-17-28(18-16-27)42-22-21-38-33-11-4-3-10-32(33)37-14-7-23-47-45(37)46(38)48-42/h1-26H. The van der Waals surface area contributed by atoms with Gasteiger partial charge in [0.1, 0.15) is 11.2 Å². The highest BCUT2D eigenvalue weighted by Crippen LogP contribution is 2.41. The van der Waals surface area contributed by atoms with E-state index in [1.54, 1.807) is 0 Å². The lowest BCUT2D eigenvalue weighted by molar-refractivity contribution is 0.669. The van der Waals surface area contributed by atoms with Crippen molar-refractivity contribution in [1.82, 2.24) is 9.97 Å². The summed E-state index contributed by atoms with van der Waals surface area (Å²) in [5, 5.41) is 14.4. The van der Waals surface area contributed by atoms with Gasteiger partial charge >= 0.3 is 0 Å². The van der Waals surface area contributed by atoms with Crippen LogP contribution in [-0.4, -0.2) is 9.97 Å². The molecular formula is C46H26N2O. The van der Waals surface area contributed by atoms with Gasteiger partial charge in [-0.1, -0.05) is 109 Å². The molecule has 226 valence electrons. The fraction of sp³-hybridized carbons (Fsp3) is 0. The molecule has 3 heteroatoms. The number of furan rings is 1. The number of aromatic nitrogens is 2. The van der Waals surface area contributed by atoms with Crippen LogP contribution in [0.15, 0.2) is 162 Å². The molecule has 3 aromatic heterocycles. The summed E-state index contributed by atoms with van der Waals surface area (Å²) in [4.78, 5) is 9.93. The second-order valence-corrected chi connectivity index (χ2v) is 12.9. The van der Waals surface area contributed by atoms with Crippen molar-refractivity contribution >= 4 is 86.8 Å². The topological polar surface area (TPSA) is 38.9 Å². The van der Waals surface area contributed by atoms with Crippen LogP contribution in [0.4, 0.5) is 0 Å². The molecule has 11 aromatic rings. The molecule has 0 saturated carbocycles. The van der Waals surface area contributed by atoms with Crippen molar-refractivity contribution in [2.45, 2.75) is 0 Å². The molecule has 0 aliphatic heterocycles. The van der Waals surface area contributed by atoms with Gasteiger partial charge in [-0.2, -0.15) is 0 Å². The minimum atomic E-state index is 0.892. The first-order valence-electron chi connectivity index (χ1n) is 16.6. The summed E-state index contributed by atoms with van der Waals surface area (Å²) in [6.45, 7) is 0. The second kappa shape index (κ2) is 9.96. The first-order chi connectivity index (χ1) is 24.3. The van der Waals surface area contributed by atoms with E-state index in [9.17, 15) is 0 Å². The third kappa shape index (κ3) is 3.84. The van der Waals surface area contributed by atoms with Crippen LogP contribution in [0, 0.1) is 0 Å². The Morgan fingerprint density at radius 1 is 0.327 bits per heavy atom. The molecule has 49 heavy (non-hydrogen) atoms. The van der Waals surface area contributed by atoms with Gasteiger partial charge in [-0.05, 0) is 96.7 Å². The van der Waals surface area contributed by atoms with E-state index in [0.29, 0.717) is 0 Å². The molecule has 0 amide bonds. The Labute approximate surface area is 280 Å². The highest BCUT2D eigenvalue weighted by atomic mass is 16.3. The van der Waals surface area contributed by atoms with Crippen molar-refractivity contribution in [1.29, 1.82) is 0 Å². The third-order valence-electron chi connectivity index (χ3n) is 10.3. The van der Waals surface area contributed by atoms with Gasteiger partial charge in [-0.3, -0.25) is 4.98 Å². The van der Waals surface area contributed by atoms with Gasteiger partial charge in [-0.15, -0.1) is 0 Å². The minimum absolute atomic E-state index is 0.892. The molecule has 11 rings (SSSR count). The molecule has 8 aromatic carbocycles. The first-order valence-corrected chi connectivity index (χ1v) is 16.6. The van der Waals surface area contributed by atoms with Crippen LogP contribution in [0.3, 0.4) is 0 Å². The molecule has 0 unspecified atom stereocenters. The van der Waals surface area contributed by atoms with Crippen LogP contribution >= 0.6 is 0 Å². The number of hydrogen-bond acceptors (Lipinski definition) is 3. The van der Waals surface area contributed by atoms with Crippen molar-refractivity contribution in [3.63, 3.8) is 0 Å². The predicted molar refractivity (Wildman–Crippen MR) is 205 cm³/mol. The van der Waals surface area contributed by atoms with E-state index in [1.165, 1.54) is 43.1 Å². The number of nitrogens with zero attached hydrogens (tertiary/aromatic N) is 2. The van der Waals surface area contributed by atoms with Gasteiger partial charge in [0.25, 0.3) is 0 Å². The Morgan fingerprint density at radius 3 is 1.53 bits per heavy atom. The largest absolute Gasteiger partial charge is 0.456 e. The quantitative estimate of drug-likeness (QED) is 0.180. The zero-order valence-corrected chi connectivity index (χ0v) is 26.3. The molecule has 0 N–H and O–H groups in total. The number of fused-ring (bicyclic) bond motifs is 15. The highest BCUT2D eigenvalue weighted by Gasteiger charge is 2.15. The summed E-state index contributed by atoms with van der Waals surface area (Å²) in [5.74, 6) is 0. The minimum Gasteiger partial charge on any atom is -0.456 e. The maximum atomic E-state index is 6.57. The van der Waals surface area contributed by atoms with E-state index in [-0.39, 0.29) is 0 Å². The summed E-state index contributed by atoms with van der Waals surface area (Å²) in [6, 6.07) is 54.1. The molecule has 3 nitrogen and oxygen atoms in total. The summed E-state index contributed by atoms with van der Waals surface area (Å²) >= 11 is 0. The maximum Gasteiger partial charge on any atom is 0.136 e. The van der Waals surface area contributed by atoms with E-state index in [2.05, 4.69) is 146 Å². The van der Waals surface area contributed by atoms with Crippen LogP contribution in [0.25, 0.3) is 109 Å². The van der Waals surface area contributed by atoms with Crippen molar-refractivity contribution < 1.29 is 4.42 Å². The average molecular weight is 623 g/mol. The molecule has 0 aliphatic rings. The number of pyridine rings is 2. The number of rotatable bonds is 2. The molecule has 0 bridgehead atoms. The molecule has 0 saturated heterocycles. The molecule has 0 radical (unpaired) electrons. The second-order valence-electron chi connectivity index (χ2n) is 12.9. The Hall–Kier alpha value is -6.58. The number of hydrogen-bond donors (Lipinski definition) is 0. The normalized spacial score (nSPS) is 12.1. The Balaban J connectivity index is 1.02. The first kappa shape index (κ1) is 26.5. The zero-order chi connectivity index (χ0) is 32.1. The highest BCUT2D eigenvalue weighted by molar-refractivity contribution is 6.28. The van der Waals surface area contributed by atoms with Crippen molar-refractivity contribution in [2.24, 2.45) is 0 Å². The van der Waals surface area contributed by atoms with Gasteiger partial charge in [0.2, 0.25) is 0 Å². The molecular weight excluding hydrogens is 597 g/mol. The van der Waals surface area contributed by atoms with Crippen LogP contribution < -0.4 is 0 Å². The van der Waals surface area contributed by atoms with Gasteiger partial charge in [0.05, 0.1) is 16.7 Å². The van der Waals surface area contributed by atoms with Crippen LogP contribution in [0.2, 0.25) is 0 Å². The lowest BCUT2D eigenvalue weighted by Gasteiger charge is -2.11. The molecule has 0 spiro atoms. The fourth-order valence-electron chi connectivity index (χ4n) is 7.97. The SMILES string of the molecule is c1ccc2c(c1)c1ccccc1c1cc3c(cc21)oc1cc(-c2ccc(-c4ccc5c6ccccc6c6cccnc6c5n4)cc2)ccc13. The predicted octanol–water partition coefficient (Wildman–Crippen LogP) is 12.6. The third-order valence-corrected chi connectivity index (χ3v) is 10.3. The Morgan fingerprint density at radius 2 is 0.837 bits per heavy atom. The van der Waals surface area contributed by atoms with Crippen LogP contribution in [0.1, 0.15) is 0 Å². The van der Waals surface area contributed by atoms with Crippen molar-refractivity contribution in [2.75, 3.05) is 0 Å². The van der Waals surface area contributed by atoms with E-state index >= 15 is 0 Å². The summed E-state index contributed by atoms with van der Waals surface area (Å²) in [6.07, 6.45) is 1.85. The van der Waals surface area contributed by atoms with Gasteiger partial charge in [-0.25, -0.2) is 4.98 Å². The lowest BCUT2D eigenvalue weighted by Crippen LogP contribution is -1.91. The molecule has 0 atom stereocenters. The summed E-state index contributed by atoms with van der Waals surface area (Å²) in [5.41, 5.74) is 7.91. The van der Waals surface area contributed by atoms with Crippen LogP contribution in [-0.2, 0) is 0 Å². The fourth-order valence-corrected chi connectivity index (χ4v) is 7.97. The monoisotopic (exact) mass is 622 g/mol. The molecule has 0 fully saturated rings. The van der Waals surface area contributed by atoms with E-state index < -0.39 is 0 Å². The molecule has 0 aliphatic carbocycles.